The number of piperidine rings is 1. The number of fused-ring (bicyclic) bond motifs is 1. The van der Waals surface area contributed by atoms with Gasteiger partial charge in [-0.15, -0.1) is 0 Å². The lowest BCUT2D eigenvalue weighted by Gasteiger charge is -2.49. The van der Waals surface area contributed by atoms with E-state index in [-0.39, 0.29) is 11.5 Å². The highest BCUT2D eigenvalue weighted by Gasteiger charge is 2.48. The maximum atomic E-state index is 11.9. The molecule has 0 N–H and O–H groups in total. The Kier molecular flexibility index (Phi) is 4.60. The molecule has 5 nitrogen and oxygen atoms in total. The maximum absolute atomic E-state index is 11.9. The third kappa shape index (κ3) is 3.44. The van der Waals surface area contributed by atoms with E-state index in [1.165, 1.54) is 25.5 Å². The van der Waals surface area contributed by atoms with Crippen LogP contribution in [-0.2, 0) is 19.5 Å². The van der Waals surface area contributed by atoms with Gasteiger partial charge in [0, 0.05) is 31.7 Å². The Morgan fingerprint density at radius 1 is 1.29 bits per heavy atom. The molecule has 0 aromatic heterocycles. The molecule has 3 aliphatic rings. The number of sulfonamides is 1. The number of ether oxygens (including phenoxy) is 2. The first-order valence-corrected chi connectivity index (χ1v) is 9.99. The van der Waals surface area contributed by atoms with Gasteiger partial charge in [-0.1, -0.05) is 6.42 Å². The van der Waals surface area contributed by atoms with Crippen LogP contribution in [0, 0.1) is 11.3 Å². The zero-order valence-corrected chi connectivity index (χ0v) is 13.7. The van der Waals surface area contributed by atoms with E-state index in [2.05, 4.69) is 0 Å². The summed E-state index contributed by atoms with van der Waals surface area (Å²) >= 11 is 0. The van der Waals surface area contributed by atoms with Crippen molar-refractivity contribution in [2.45, 2.75) is 44.6 Å². The minimum Gasteiger partial charge on any atom is -0.380 e. The maximum Gasteiger partial charge on any atom is 0.211 e. The molecule has 122 valence electrons. The van der Waals surface area contributed by atoms with Crippen molar-refractivity contribution in [3.8, 4) is 0 Å². The van der Waals surface area contributed by atoms with E-state index in [1.807, 2.05) is 0 Å². The lowest BCUT2D eigenvalue weighted by Crippen LogP contribution is -2.58. The van der Waals surface area contributed by atoms with Crippen LogP contribution in [0.3, 0.4) is 0 Å². The van der Waals surface area contributed by atoms with Gasteiger partial charge in [-0.25, -0.2) is 12.7 Å². The number of hydrogen-bond acceptors (Lipinski definition) is 4. The summed E-state index contributed by atoms with van der Waals surface area (Å²) < 4.78 is 37.3. The molecule has 0 aromatic carbocycles. The van der Waals surface area contributed by atoms with Gasteiger partial charge >= 0.3 is 0 Å². The fourth-order valence-electron chi connectivity index (χ4n) is 3.83. The Morgan fingerprint density at radius 3 is 2.76 bits per heavy atom. The van der Waals surface area contributed by atoms with Crippen molar-refractivity contribution in [1.82, 2.24) is 4.31 Å². The molecule has 0 radical (unpaired) electrons. The van der Waals surface area contributed by atoms with Gasteiger partial charge in [0.25, 0.3) is 0 Å². The Balaban J connectivity index is 1.65. The average Bonchev–Trinajstić information content (AvgIpc) is 2.40. The van der Waals surface area contributed by atoms with E-state index < -0.39 is 10.0 Å². The van der Waals surface area contributed by atoms with E-state index in [0.717, 1.165) is 38.4 Å². The molecule has 21 heavy (non-hydrogen) atoms. The molecular formula is C15H27NO4S. The van der Waals surface area contributed by atoms with Gasteiger partial charge < -0.3 is 9.47 Å². The van der Waals surface area contributed by atoms with Gasteiger partial charge in [0.2, 0.25) is 10.0 Å². The summed E-state index contributed by atoms with van der Waals surface area (Å²) in [5.41, 5.74) is -0.136. The first kappa shape index (κ1) is 15.7. The molecule has 1 aliphatic carbocycles. The van der Waals surface area contributed by atoms with Crippen LogP contribution in [0.25, 0.3) is 0 Å². The van der Waals surface area contributed by atoms with E-state index in [0.29, 0.717) is 19.7 Å². The quantitative estimate of drug-likeness (QED) is 0.773. The van der Waals surface area contributed by atoms with Gasteiger partial charge in [0.15, 0.2) is 0 Å². The summed E-state index contributed by atoms with van der Waals surface area (Å²) in [5, 5.41) is 0. The highest BCUT2D eigenvalue weighted by molar-refractivity contribution is 7.88. The summed E-state index contributed by atoms with van der Waals surface area (Å²) in [5.74, 6) is 0.721. The number of nitrogens with zero attached hydrogens (tertiary/aromatic N) is 1. The van der Waals surface area contributed by atoms with Crippen LogP contribution in [0.4, 0.5) is 0 Å². The molecule has 2 heterocycles. The molecule has 3 rings (SSSR count). The van der Waals surface area contributed by atoms with Crippen LogP contribution < -0.4 is 0 Å². The highest BCUT2D eigenvalue weighted by Crippen LogP contribution is 2.41. The van der Waals surface area contributed by atoms with Crippen molar-refractivity contribution in [2.24, 2.45) is 11.3 Å². The van der Waals surface area contributed by atoms with Crippen LogP contribution in [0.5, 0.6) is 0 Å². The minimum absolute atomic E-state index is 0.136. The fraction of sp³-hybridized carbons (Fsp3) is 1.00. The predicted octanol–water partition coefficient (Wildman–Crippen LogP) is 1.63. The standard InChI is InChI=1S/C15H27NO4S/c1-21(17,18)16-8-6-14-15(11-16,7-3-9-20-14)12-19-10-13-4-2-5-13/h13-14H,2-12H2,1H3/t14-,15+/m1/s1. The van der Waals surface area contributed by atoms with Gasteiger partial charge in [-0.05, 0) is 38.0 Å². The van der Waals surface area contributed by atoms with Crippen LogP contribution in [-0.4, -0.2) is 58.0 Å². The summed E-state index contributed by atoms with van der Waals surface area (Å²) in [7, 11) is -3.13. The van der Waals surface area contributed by atoms with Gasteiger partial charge in [-0.3, -0.25) is 0 Å². The molecule has 1 saturated carbocycles. The second kappa shape index (κ2) is 6.14. The third-order valence-electron chi connectivity index (χ3n) is 5.39. The van der Waals surface area contributed by atoms with Crippen LogP contribution in [0.15, 0.2) is 0 Å². The monoisotopic (exact) mass is 317 g/mol. The zero-order chi connectivity index (χ0) is 14.9. The molecule has 2 atom stereocenters. The second-order valence-electron chi connectivity index (χ2n) is 7.02. The zero-order valence-electron chi connectivity index (χ0n) is 12.9. The van der Waals surface area contributed by atoms with Gasteiger partial charge in [-0.2, -0.15) is 0 Å². The largest absolute Gasteiger partial charge is 0.380 e. The van der Waals surface area contributed by atoms with Crippen molar-refractivity contribution >= 4 is 10.0 Å². The summed E-state index contributed by atoms with van der Waals surface area (Å²) in [6.45, 7) is 3.40. The van der Waals surface area contributed by atoms with Crippen molar-refractivity contribution in [3.63, 3.8) is 0 Å². The molecule has 0 aromatic rings. The fourth-order valence-corrected chi connectivity index (χ4v) is 4.76. The van der Waals surface area contributed by atoms with Crippen LogP contribution in [0.2, 0.25) is 0 Å². The summed E-state index contributed by atoms with van der Waals surface area (Å²) in [6.07, 6.45) is 8.15. The molecule has 0 unspecified atom stereocenters. The third-order valence-corrected chi connectivity index (χ3v) is 6.64. The smallest absolute Gasteiger partial charge is 0.211 e. The van der Waals surface area contributed by atoms with Crippen molar-refractivity contribution in [1.29, 1.82) is 0 Å². The normalized spacial score (nSPS) is 35.2. The molecule has 0 amide bonds. The first-order chi connectivity index (χ1) is 10.00. The number of hydrogen-bond donors (Lipinski definition) is 0. The lowest BCUT2D eigenvalue weighted by molar-refractivity contribution is -0.145. The second-order valence-corrected chi connectivity index (χ2v) is 9.01. The first-order valence-electron chi connectivity index (χ1n) is 8.14. The molecule has 2 aliphatic heterocycles. The molecule has 0 spiro atoms. The minimum atomic E-state index is -3.13. The number of rotatable bonds is 5. The van der Waals surface area contributed by atoms with Crippen molar-refractivity contribution in [2.75, 3.05) is 39.2 Å². The Bertz CT molecular complexity index is 462. The predicted molar refractivity (Wildman–Crippen MR) is 80.6 cm³/mol. The summed E-state index contributed by atoms with van der Waals surface area (Å²) in [4.78, 5) is 0. The topological polar surface area (TPSA) is 55.8 Å². The van der Waals surface area contributed by atoms with Gasteiger partial charge in [0.1, 0.15) is 0 Å². The van der Waals surface area contributed by atoms with Crippen LogP contribution in [0.1, 0.15) is 38.5 Å². The molecular weight excluding hydrogens is 290 g/mol. The van der Waals surface area contributed by atoms with E-state index in [1.54, 1.807) is 4.31 Å². The lowest BCUT2D eigenvalue weighted by atomic mass is 9.73. The molecule has 2 saturated heterocycles. The van der Waals surface area contributed by atoms with Gasteiger partial charge in [0.05, 0.1) is 19.0 Å². The Morgan fingerprint density at radius 2 is 2.10 bits per heavy atom. The highest BCUT2D eigenvalue weighted by atomic mass is 32.2. The average molecular weight is 317 g/mol. The van der Waals surface area contributed by atoms with E-state index in [4.69, 9.17) is 9.47 Å². The van der Waals surface area contributed by atoms with Crippen molar-refractivity contribution < 1.29 is 17.9 Å². The van der Waals surface area contributed by atoms with Crippen LogP contribution >= 0.6 is 0 Å². The molecule has 6 heteroatoms. The molecule has 3 fully saturated rings. The summed E-state index contributed by atoms with van der Waals surface area (Å²) in [6, 6.07) is 0. The Labute approximate surface area is 128 Å². The SMILES string of the molecule is CS(=O)(=O)N1CC[C@H]2OCCC[C@@]2(COCC2CCC2)C1. The van der Waals surface area contributed by atoms with E-state index >= 15 is 0 Å². The Hall–Kier alpha value is -0.170. The van der Waals surface area contributed by atoms with E-state index in [9.17, 15) is 8.42 Å². The van der Waals surface area contributed by atoms with Crippen molar-refractivity contribution in [3.05, 3.63) is 0 Å². The molecule has 0 bridgehead atoms.